The van der Waals surface area contributed by atoms with Gasteiger partial charge in [0.25, 0.3) is 5.91 Å². The highest BCUT2D eigenvalue weighted by Gasteiger charge is 2.28. The van der Waals surface area contributed by atoms with Gasteiger partial charge in [-0.05, 0) is 25.1 Å². The predicted molar refractivity (Wildman–Crippen MR) is 72.0 cm³/mol. The van der Waals surface area contributed by atoms with Crippen LogP contribution in [0.15, 0.2) is 18.2 Å². The molecule has 0 bridgehead atoms. The van der Waals surface area contributed by atoms with Crippen LogP contribution >= 0.6 is 0 Å². The quantitative estimate of drug-likeness (QED) is 0.804. The molecule has 0 saturated carbocycles. The molecule has 1 aromatic rings. The lowest BCUT2D eigenvalue weighted by molar-refractivity contribution is -0.130. The minimum absolute atomic E-state index is 0.00296. The Labute approximate surface area is 111 Å². The zero-order valence-electron chi connectivity index (χ0n) is 11.0. The third kappa shape index (κ3) is 2.62. The largest absolute Gasteiger partial charge is 0.482 e. The second-order valence-corrected chi connectivity index (χ2v) is 4.40. The minimum atomic E-state index is -0.240. The number of carbonyl (C=O) groups is 2. The lowest BCUT2D eigenvalue weighted by atomic mass is 10.2. The molecule has 0 saturated heterocycles. The SMILES string of the molecule is CCN(C)C(=O)CN1C(=O)COc2ccc(N)cc21. The molecule has 1 aromatic carbocycles. The molecular weight excluding hydrogens is 246 g/mol. The molecule has 0 radical (unpaired) electrons. The molecule has 0 aromatic heterocycles. The van der Waals surface area contributed by atoms with Gasteiger partial charge in [-0.1, -0.05) is 0 Å². The second kappa shape index (κ2) is 5.17. The minimum Gasteiger partial charge on any atom is -0.482 e. The number of rotatable bonds is 3. The Morgan fingerprint density at radius 3 is 2.95 bits per heavy atom. The van der Waals surface area contributed by atoms with Gasteiger partial charge in [-0.2, -0.15) is 0 Å². The molecule has 1 heterocycles. The summed E-state index contributed by atoms with van der Waals surface area (Å²) in [6, 6.07) is 5.05. The van der Waals surface area contributed by atoms with Crippen molar-refractivity contribution in [3.63, 3.8) is 0 Å². The molecule has 0 spiro atoms. The van der Waals surface area contributed by atoms with E-state index in [-0.39, 0.29) is 25.0 Å². The third-order valence-corrected chi connectivity index (χ3v) is 3.12. The van der Waals surface area contributed by atoms with Gasteiger partial charge in [-0.25, -0.2) is 0 Å². The average molecular weight is 263 g/mol. The van der Waals surface area contributed by atoms with E-state index in [4.69, 9.17) is 10.5 Å². The van der Waals surface area contributed by atoms with Crippen molar-refractivity contribution in [2.24, 2.45) is 0 Å². The van der Waals surface area contributed by atoms with Crippen molar-refractivity contribution in [3.8, 4) is 5.75 Å². The van der Waals surface area contributed by atoms with E-state index in [1.165, 1.54) is 4.90 Å². The molecule has 2 rings (SSSR count). The Kier molecular flexibility index (Phi) is 3.59. The van der Waals surface area contributed by atoms with E-state index < -0.39 is 0 Å². The third-order valence-electron chi connectivity index (χ3n) is 3.12. The normalized spacial score (nSPS) is 13.8. The van der Waals surface area contributed by atoms with Crippen molar-refractivity contribution in [2.45, 2.75) is 6.92 Å². The first-order valence-electron chi connectivity index (χ1n) is 6.09. The molecule has 19 heavy (non-hydrogen) atoms. The summed E-state index contributed by atoms with van der Waals surface area (Å²) in [6.07, 6.45) is 0. The number of nitrogen functional groups attached to an aromatic ring is 1. The van der Waals surface area contributed by atoms with E-state index in [1.807, 2.05) is 6.92 Å². The number of hydrogen-bond acceptors (Lipinski definition) is 4. The Hall–Kier alpha value is -2.24. The fourth-order valence-electron chi connectivity index (χ4n) is 1.82. The Bertz CT molecular complexity index is 516. The van der Waals surface area contributed by atoms with Crippen molar-refractivity contribution in [2.75, 3.05) is 37.4 Å². The summed E-state index contributed by atoms with van der Waals surface area (Å²) in [5.74, 6) is 0.211. The Morgan fingerprint density at radius 2 is 2.26 bits per heavy atom. The number of benzene rings is 1. The number of amides is 2. The number of nitrogens with zero attached hydrogens (tertiary/aromatic N) is 2. The maximum absolute atomic E-state index is 11.9. The van der Waals surface area contributed by atoms with Crippen LogP contribution in [0.2, 0.25) is 0 Å². The molecule has 6 heteroatoms. The van der Waals surface area contributed by atoms with E-state index in [0.717, 1.165) is 0 Å². The van der Waals surface area contributed by atoms with Gasteiger partial charge in [0.05, 0.1) is 5.69 Å². The van der Waals surface area contributed by atoms with Crippen LogP contribution in [0.1, 0.15) is 6.92 Å². The number of carbonyl (C=O) groups excluding carboxylic acids is 2. The monoisotopic (exact) mass is 263 g/mol. The maximum Gasteiger partial charge on any atom is 0.265 e. The van der Waals surface area contributed by atoms with E-state index >= 15 is 0 Å². The summed E-state index contributed by atoms with van der Waals surface area (Å²) in [4.78, 5) is 26.8. The van der Waals surface area contributed by atoms with E-state index in [2.05, 4.69) is 0 Å². The lowest BCUT2D eigenvalue weighted by Gasteiger charge is -2.30. The predicted octanol–water partition coefficient (Wildman–Crippen LogP) is 0.473. The van der Waals surface area contributed by atoms with Crippen LogP contribution in [0.3, 0.4) is 0 Å². The van der Waals surface area contributed by atoms with Crippen LogP contribution in [-0.2, 0) is 9.59 Å². The molecule has 6 nitrogen and oxygen atoms in total. The highest BCUT2D eigenvalue weighted by molar-refractivity contribution is 6.02. The topological polar surface area (TPSA) is 75.9 Å². The maximum atomic E-state index is 11.9. The highest BCUT2D eigenvalue weighted by Crippen LogP contribution is 2.33. The fraction of sp³-hybridized carbons (Fsp3) is 0.385. The van der Waals surface area contributed by atoms with Crippen LogP contribution < -0.4 is 15.4 Å². The van der Waals surface area contributed by atoms with Gasteiger partial charge in [0.15, 0.2) is 6.61 Å². The van der Waals surface area contributed by atoms with Crippen molar-refractivity contribution >= 4 is 23.2 Å². The van der Waals surface area contributed by atoms with Crippen LogP contribution in [0.25, 0.3) is 0 Å². The molecule has 2 amide bonds. The number of nitrogens with two attached hydrogens (primary N) is 1. The first-order valence-corrected chi connectivity index (χ1v) is 6.09. The molecule has 0 atom stereocenters. The molecular formula is C13H17N3O3. The van der Waals surface area contributed by atoms with Crippen molar-refractivity contribution < 1.29 is 14.3 Å². The van der Waals surface area contributed by atoms with Crippen molar-refractivity contribution in [1.82, 2.24) is 4.90 Å². The smallest absolute Gasteiger partial charge is 0.265 e. The molecule has 0 aliphatic carbocycles. The first-order chi connectivity index (χ1) is 9.02. The number of hydrogen-bond donors (Lipinski definition) is 1. The lowest BCUT2D eigenvalue weighted by Crippen LogP contribution is -2.45. The zero-order chi connectivity index (χ0) is 14.0. The summed E-state index contributed by atoms with van der Waals surface area (Å²) in [7, 11) is 1.70. The van der Waals surface area contributed by atoms with Crippen LogP contribution in [0.5, 0.6) is 5.75 Å². The van der Waals surface area contributed by atoms with Gasteiger partial charge in [0.2, 0.25) is 5.91 Å². The summed E-state index contributed by atoms with van der Waals surface area (Å²) < 4.78 is 5.32. The first kappa shape index (κ1) is 13.2. The van der Waals surface area contributed by atoms with Crippen LogP contribution in [0.4, 0.5) is 11.4 Å². The van der Waals surface area contributed by atoms with Gasteiger partial charge in [-0.15, -0.1) is 0 Å². The molecule has 102 valence electrons. The number of likely N-dealkylation sites (N-methyl/N-ethyl adjacent to an activating group) is 1. The van der Waals surface area contributed by atoms with Gasteiger partial charge in [0.1, 0.15) is 12.3 Å². The number of ether oxygens (including phenoxy) is 1. The fourth-order valence-corrected chi connectivity index (χ4v) is 1.82. The summed E-state index contributed by atoms with van der Waals surface area (Å²) in [5, 5.41) is 0. The van der Waals surface area contributed by atoms with Crippen molar-refractivity contribution in [1.29, 1.82) is 0 Å². The molecule has 0 unspecified atom stereocenters. The van der Waals surface area contributed by atoms with E-state index in [0.29, 0.717) is 23.7 Å². The van der Waals surface area contributed by atoms with Gasteiger partial charge in [-0.3, -0.25) is 14.5 Å². The van der Waals surface area contributed by atoms with Gasteiger partial charge in [0, 0.05) is 19.3 Å². The highest BCUT2D eigenvalue weighted by atomic mass is 16.5. The van der Waals surface area contributed by atoms with Crippen LogP contribution in [0, 0.1) is 0 Å². The standard InChI is InChI=1S/C13H17N3O3/c1-3-15(2)12(17)7-16-10-6-9(14)4-5-11(10)19-8-13(16)18/h4-6H,3,7-8,14H2,1-2H3. The zero-order valence-corrected chi connectivity index (χ0v) is 11.0. The number of fused-ring (bicyclic) bond motifs is 1. The van der Waals surface area contributed by atoms with Crippen molar-refractivity contribution in [3.05, 3.63) is 18.2 Å². The summed E-state index contributed by atoms with van der Waals surface area (Å²) in [5.41, 5.74) is 6.79. The summed E-state index contributed by atoms with van der Waals surface area (Å²) in [6.45, 7) is 2.43. The summed E-state index contributed by atoms with van der Waals surface area (Å²) >= 11 is 0. The average Bonchev–Trinajstić information content (AvgIpc) is 2.41. The second-order valence-electron chi connectivity index (χ2n) is 4.40. The molecule has 2 N–H and O–H groups in total. The van der Waals surface area contributed by atoms with Gasteiger partial charge < -0.3 is 15.4 Å². The van der Waals surface area contributed by atoms with Gasteiger partial charge >= 0.3 is 0 Å². The Balaban J connectivity index is 2.27. The molecule has 0 fully saturated rings. The molecule has 1 aliphatic heterocycles. The van der Waals surface area contributed by atoms with E-state index in [1.54, 1.807) is 30.1 Å². The van der Waals surface area contributed by atoms with Crippen LogP contribution in [-0.4, -0.2) is 43.5 Å². The number of anilines is 2. The Morgan fingerprint density at radius 1 is 1.53 bits per heavy atom. The molecule has 1 aliphatic rings. The van der Waals surface area contributed by atoms with E-state index in [9.17, 15) is 9.59 Å².